The van der Waals surface area contributed by atoms with Crippen molar-refractivity contribution < 1.29 is 14.4 Å². The molecule has 5 nitrogen and oxygen atoms in total. The van der Waals surface area contributed by atoms with Crippen LogP contribution >= 0.6 is 0 Å². The smallest absolute Gasteiger partial charge is 0.377 e. The summed E-state index contributed by atoms with van der Waals surface area (Å²) in [6, 6.07) is 7.41. The maximum atomic E-state index is 11.7. The van der Waals surface area contributed by atoms with E-state index in [1.807, 2.05) is 31.2 Å². The van der Waals surface area contributed by atoms with Gasteiger partial charge in [-0.1, -0.05) is 12.1 Å². The van der Waals surface area contributed by atoms with Crippen LogP contribution in [-0.2, 0) is 4.74 Å². The molecule has 1 aromatic heterocycles. The molecule has 0 aliphatic carbocycles. The van der Waals surface area contributed by atoms with Crippen LogP contribution < -0.4 is 4.84 Å². The molecule has 0 N–H and O–H groups in total. The van der Waals surface area contributed by atoms with Gasteiger partial charge in [0.15, 0.2) is 0 Å². The van der Waals surface area contributed by atoms with Gasteiger partial charge in [-0.25, -0.2) is 9.78 Å². The monoisotopic (exact) mass is 234 g/mol. The summed E-state index contributed by atoms with van der Waals surface area (Å²) in [5.41, 5.74) is 1.47. The lowest BCUT2D eigenvalue weighted by Crippen LogP contribution is -2.19. The van der Waals surface area contributed by atoms with Gasteiger partial charge in [0.1, 0.15) is 12.1 Å². The molecular weight excluding hydrogens is 220 g/mol. The van der Waals surface area contributed by atoms with E-state index in [4.69, 9.17) is 9.57 Å². The largest absolute Gasteiger partial charge is 0.460 e. The van der Waals surface area contributed by atoms with E-state index in [1.54, 1.807) is 6.92 Å². The maximum Gasteiger partial charge on any atom is 0.377 e. The molecule has 0 fully saturated rings. The fraction of sp³-hybridized carbons (Fsp3) is 0.333. The molecule has 0 aliphatic rings. The minimum absolute atomic E-state index is 0.176. The van der Waals surface area contributed by atoms with Gasteiger partial charge >= 0.3 is 5.97 Å². The summed E-state index contributed by atoms with van der Waals surface area (Å²) >= 11 is 0. The van der Waals surface area contributed by atoms with Gasteiger partial charge in [0, 0.05) is 0 Å². The molecule has 5 heteroatoms. The van der Waals surface area contributed by atoms with Crippen LogP contribution in [0.4, 0.5) is 0 Å². The van der Waals surface area contributed by atoms with Gasteiger partial charge in [0.2, 0.25) is 0 Å². The van der Waals surface area contributed by atoms with E-state index in [2.05, 4.69) is 4.98 Å². The number of hydrogen-bond acceptors (Lipinski definition) is 4. The first-order valence-corrected chi connectivity index (χ1v) is 5.55. The molecular formula is C12H14N2O3. The Kier molecular flexibility index (Phi) is 3.27. The number of benzene rings is 1. The number of hydrogen-bond donors (Lipinski definition) is 0. The first kappa shape index (κ1) is 11.4. The summed E-state index contributed by atoms with van der Waals surface area (Å²) in [4.78, 5) is 21.3. The van der Waals surface area contributed by atoms with E-state index in [0.717, 1.165) is 5.52 Å². The molecule has 2 aromatic rings. The molecule has 0 bridgehead atoms. The fourth-order valence-corrected chi connectivity index (χ4v) is 1.59. The predicted molar refractivity (Wildman–Crippen MR) is 62.8 cm³/mol. The molecule has 0 saturated carbocycles. The zero-order valence-electron chi connectivity index (χ0n) is 9.84. The second-order valence-corrected chi connectivity index (χ2v) is 3.36. The van der Waals surface area contributed by atoms with Crippen molar-refractivity contribution in [1.82, 2.24) is 9.71 Å². The summed E-state index contributed by atoms with van der Waals surface area (Å²) in [5, 5.41) is 0. The molecule has 0 radical (unpaired) electrons. The molecule has 0 aliphatic heterocycles. The average molecular weight is 234 g/mol. The number of para-hydroxylation sites is 2. The summed E-state index contributed by atoms with van der Waals surface area (Å²) in [6.07, 6.45) is 0. The summed E-state index contributed by atoms with van der Waals surface area (Å²) < 4.78 is 6.37. The topological polar surface area (TPSA) is 53.3 Å². The number of carbonyl (C=O) groups is 1. The third kappa shape index (κ3) is 2.08. The Hall–Kier alpha value is -2.04. The standard InChI is InChI=1S/C12H14N2O3/c1-3-16-12(15)11-13-9-7-5-6-8-10(9)14(11)17-4-2/h5-8H,3-4H2,1-2H3. The van der Waals surface area contributed by atoms with Gasteiger partial charge < -0.3 is 9.57 Å². The van der Waals surface area contributed by atoms with Crippen LogP contribution in [0.5, 0.6) is 0 Å². The van der Waals surface area contributed by atoms with E-state index in [9.17, 15) is 4.79 Å². The average Bonchev–Trinajstić information content (AvgIpc) is 2.70. The number of carbonyl (C=O) groups excluding carboxylic acids is 1. The Morgan fingerprint density at radius 1 is 1.29 bits per heavy atom. The number of nitrogens with zero attached hydrogens (tertiary/aromatic N) is 2. The third-order valence-electron chi connectivity index (χ3n) is 2.24. The van der Waals surface area contributed by atoms with Gasteiger partial charge in [-0.05, 0) is 26.0 Å². The van der Waals surface area contributed by atoms with E-state index in [0.29, 0.717) is 18.7 Å². The van der Waals surface area contributed by atoms with Crippen molar-refractivity contribution in [2.45, 2.75) is 13.8 Å². The number of fused-ring (bicyclic) bond motifs is 1. The van der Waals surface area contributed by atoms with E-state index < -0.39 is 5.97 Å². The van der Waals surface area contributed by atoms with Crippen molar-refractivity contribution in [2.75, 3.05) is 13.2 Å². The second kappa shape index (κ2) is 4.86. The van der Waals surface area contributed by atoms with E-state index >= 15 is 0 Å². The Bertz CT molecular complexity index is 534. The van der Waals surface area contributed by atoms with E-state index in [-0.39, 0.29) is 5.82 Å². The Morgan fingerprint density at radius 3 is 2.76 bits per heavy atom. The Morgan fingerprint density at radius 2 is 2.06 bits per heavy atom. The number of ether oxygens (including phenoxy) is 1. The Balaban J connectivity index is 2.53. The lowest BCUT2D eigenvalue weighted by molar-refractivity contribution is 0.0446. The highest BCUT2D eigenvalue weighted by atomic mass is 16.7. The minimum Gasteiger partial charge on any atom is -0.460 e. The molecule has 0 atom stereocenters. The molecule has 90 valence electrons. The van der Waals surface area contributed by atoms with Gasteiger partial charge in [-0.15, -0.1) is 0 Å². The van der Waals surface area contributed by atoms with Crippen LogP contribution in [0.3, 0.4) is 0 Å². The molecule has 0 spiro atoms. The predicted octanol–water partition coefficient (Wildman–Crippen LogP) is 1.66. The zero-order chi connectivity index (χ0) is 12.3. The third-order valence-corrected chi connectivity index (χ3v) is 2.24. The SMILES string of the molecule is CCOC(=O)c1nc2ccccc2n1OCC. The van der Waals surface area contributed by atoms with Gasteiger partial charge in [-0.2, -0.15) is 4.73 Å². The minimum atomic E-state index is -0.475. The van der Waals surface area contributed by atoms with Gasteiger partial charge in [0.25, 0.3) is 5.82 Å². The number of aromatic nitrogens is 2. The van der Waals surface area contributed by atoms with Crippen LogP contribution in [0, 0.1) is 0 Å². The molecule has 0 saturated heterocycles. The highest BCUT2D eigenvalue weighted by Crippen LogP contribution is 2.15. The molecule has 0 unspecified atom stereocenters. The molecule has 17 heavy (non-hydrogen) atoms. The zero-order valence-corrected chi connectivity index (χ0v) is 9.84. The summed E-state index contributed by atoms with van der Waals surface area (Å²) in [6.45, 7) is 4.37. The van der Waals surface area contributed by atoms with Crippen LogP contribution in [-0.4, -0.2) is 28.9 Å². The lowest BCUT2D eigenvalue weighted by atomic mass is 10.3. The van der Waals surface area contributed by atoms with Crippen molar-refractivity contribution >= 4 is 17.0 Å². The highest BCUT2D eigenvalue weighted by molar-refractivity contribution is 5.90. The van der Waals surface area contributed by atoms with Gasteiger partial charge in [0.05, 0.1) is 12.1 Å². The van der Waals surface area contributed by atoms with E-state index in [1.165, 1.54) is 4.73 Å². The first-order valence-electron chi connectivity index (χ1n) is 5.55. The second-order valence-electron chi connectivity index (χ2n) is 3.36. The van der Waals surface area contributed by atoms with Crippen LogP contribution in [0.15, 0.2) is 24.3 Å². The van der Waals surface area contributed by atoms with Crippen molar-refractivity contribution in [3.63, 3.8) is 0 Å². The summed E-state index contributed by atoms with van der Waals surface area (Å²) in [5.74, 6) is -0.299. The summed E-state index contributed by atoms with van der Waals surface area (Å²) in [7, 11) is 0. The van der Waals surface area contributed by atoms with Crippen molar-refractivity contribution in [2.24, 2.45) is 0 Å². The molecule has 1 aromatic carbocycles. The van der Waals surface area contributed by atoms with Crippen molar-refractivity contribution in [1.29, 1.82) is 0 Å². The fourth-order valence-electron chi connectivity index (χ4n) is 1.59. The number of esters is 1. The van der Waals surface area contributed by atoms with Crippen molar-refractivity contribution in [3.05, 3.63) is 30.1 Å². The van der Waals surface area contributed by atoms with Crippen LogP contribution in [0.1, 0.15) is 24.5 Å². The lowest BCUT2D eigenvalue weighted by Gasteiger charge is -2.07. The van der Waals surface area contributed by atoms with Crippen LogP contribution in [0.2, 0.25) is 0 Å². The number of rotatable bonds is 4. The molecule has 1 heterocycles. The molecule has 0 amide bonds. The molecule has 2 rings (SSSR count). The quantitative estimate of drug-likeness (QED) is 0.755. The normalized spacial score (nSPS) is 10.5. The highest BCUT2D eigenvalue weighted by Gasteiger charge is 2.19. The Labute approximate surface area is 98.9 Å². The van der Waals surface area contributed by atoms with Crippen LogP contribution in [0.25, 0.3) is 11.0 Å². The van der Waals surface area contributed by atoms with Crippen molar-refractivity contribution in [3.8, 4) is 0 Å². The number of imidazole rings is 1. The first-order chi connectivity index (χ1) is 8.27. The van der Waals surface area contributed by atoms with Gasteiger partial charge in [-0.3, -0.25) is 0 Å². The maximum absolute atomic E-state index is 11.7.